The zero-order valence-corrected chi connectivity index (χ0v) is 11.0. The summed E-state index contributed by atoms with van der Waals surface area (Å²) in [4.78, 5) is 8.43. The van der Waals surface area contributed by atoms with Crippen LogP contribution in [-0.2, 0) is 6.61 Å². The van der Waals surface area contributed by atoms with Gasteiger partial charge in [0, 0.05) is 6.54 Å². The highest BCUT2D eigenvalue weighted by molar-refractivity contribution is 5.31. The number of halogens is 1. The first-order valence-electron chi connectivity index (χ1n) is 6.12. The van der Waals surface area contributed by atoms with Gasteiger partial charge < -0.3 is 10.1 Å². The molecule has 0 spiro atoms. The van der Waals surface area contributed by atoms with Crippen LogP contribution in [0.25, 0.3) is 0 Å². The van der Waals surface area contributed by atoms with Gasteiger partial charge in [-0.1, -0.05) is 0 Å². The van der Waals surface area contributed by atoms with Gasteiger partial charge in [-0.25, -0.2) is 9.37 Å². The largest absolute Gasteiger partial charge is 0.487 e. The number of nitrogens with zero attached hydrogens (tertiary/aromatic N) is 2. The fraction of sp³-hybridized carbons (Fsp3) is 0.286. The molecule has 0 aliphatic heterocycles. The third-order valence-electron chi connectivity index (χ3n) is 2.58. The highest BCUT2D eigenvalue weighted by atomic mass is 19.1. The summed E-state index contributed by atoms with van der Waals surface area (Å²) in [6.45, 7) is 4.81. The van der Waals surface area contributed by atoms with Gasteiger partial charge in [0.2, 0.25) is 0 Å². The van der Waals surface area contributed by atoms with Crippen LogP contribution in [0, 0.1) is 12.7 Å². The molecule has 0 saturated heterocycles. The van der Waals surface area contributed by atoms with Crippen molar-refractivity contribution in [3.05, 3.63) is 47.7 Å². The molecule has 1 aromatic carbocycles. The number of hydrogen-bond donors (Lipinski definition) is 1. The SMILES string of the molecule is CCNc1cnc(COc2ccc(F)c(C)c2)cn1. The van der Waals surface area contributed by atoms with Crippen LogP contribution in [-0.4, -0.2) is 16.5 Å². The van der Waals surface area contributed by atoms with E-state index in [0.29, 0.717) is 17.9 Å². The Morgan fingerprint density at radius 3 is 2.74 bits per heavy atom. The fourth-order valence-corrected chi connectivity index (χ4v) is 1.57. The van der Waals surface area contributed by atoms with E-state index in [-0.39, 0.29) is 5.82 Å². The molecule has 0 amide bonds. The van der Waals surface area contributed by atoms with Crippen LogP contribution in [0.2, 0.25) is 0 Å². The molecule has 0 bridgehead atoms. The van der Waals surface area contributed by atoms with Crippen LogP contribution in [0.3, 0.4) is 0 Å². The molecule has 2 aromatic rings. The van der Waals surface area contributed by atoms with Gasteiger partial charge in [0.15, 0.2) is 0 Å². The number of rotatable bonds is 5. The molecule has 0 aliphatic carbocycles. The van der Waals surface area contributed by atoms with E-state index in [1.54, 1.807) is 31.5 Å². The van der Waals surface area contributed by atoms with Crippen molar-refractivity contribution in [2.45, 2.75) is 20.5 Å². The van der Waals surface area contributed by atoms with Gasteiger partial charge in [-0.15, -0.1) is 0 Å². The molecule has 1 N–H and O–H groups in total. The molecule has 100 valence electrons. The summed E-state index contributed by atoms with van der Waals surface area (Å²) in [7, 11) is 0. The van der Waals surface area contributed by atoms with E-state index in [9.17, 15) is 4.39 Å². The van der Waals surface area contributed by atoms with Crippen molar-refractivity contribution in [2.75, 3.05) is 11.9 Å². The minimum atomic E-state index is -0.234. The predicted octanol–water partition coefficient (Wildman–Crippen LogP) is 2.93. The van der Waals surface area contributed by atoms with Gasteiger partial charge in [0.1, 0.15) is 24.0 Å². The van der Waals surface area contributed by atoms with E-state index < -0.39 is 0 Å². The first-order valence-corrected chi connectivity index (χ1v) is 6.12. The summed E-state index contributed by atoms with van der Waals surface area (Å²) < 4.78 is 18.6. The molecule has 0 unspecified atom stereocenters. The third kappa shape index (κ3) is 3.64. The van der Waals surface area contributed by atoms with Crippen molar-refractivity contribution in [2.24, 2.45) is 0 Å². The second kappa shape index (κ2) is 6.13. The van der Waals surface area contributed by atoms with E-state index >= 15 is 0 Å². The van der Waals surface area contributed by atoms with Crippen LogP contribution >= 0.6 is 0 Å². The number of benzene rings is 1. The maximum absolute atomic E-state index is 13.1. The molecule has 0 atom stereocenters. The zero-order valence-electron chi connectivity index (χ0n) is 11.0. The predicted molar refractivity (Wildman–Crippen MR) is 71.7 cm³/mol. The first-order chi connectivity index (χ1) is 9.19. The Balaban J connectivity index is 1.96. The zero-order chi connectivity index (χ0) is 13.7. The topological polar surface area (TPSA) is 47.0 Å². The number of nitrogens with one attached hydrogen (secondary N) is 1. The summed E-state index contributed by atoms with van der Waals surface area (Å²) >= 11 is 0. The molecule has 1 aromatic heterocycles. The summed E-state index contributed by atoms with van der Waals surface area (Å²) in [6.07, 6.45) is 3.33. The van der Waals surface area contributed by atoms with Gasteiger partial charge >= 0.3 is 0 Å². The van der Waals surface area contributed by atoms with E-state index in [1.165, 1.54) is 6.07 Å². The third-order valence-corrected chi connectivity index (χ3v) is 2.58. The molecule has 0 aliphatic rings. The Morgan fingerprint density at radius 1 is 1.26 bits per heavy atom. The molecule has 2 rings (SSSR count). The average Bonchev–Trinajstić information content (AvgIpc) is 2.42. The standard InChI is InChI=1S/C14H16FN3O/c1-3-16-14-8-17-11(7-18-14)9-19-12-4-5-13(15)10(2)6-12/h4-8H,3,9H2,1-2H3,(H,16,18). The van der Waals surface area contributed by atoms with Gasteiger partial charge in [-0.2, -0.15) is 0 Å². The van der Waals surface area contributed by atoms with Crippen molar-refractivity contribution in [3.8, 4) is 5.75 Å². The maximum atomic E-state index is 13.1. The van der Waals surface area contributed by atoms with Crippen LogP contribution in [0.4, 0.5) is 10.2 Å². The van der Waals surface area contributed by atoms with Crippen molar-refractivity contribution in [3.63, 3.8) is 0 Å². The Morgan fingerprint density at radius 2 is 2.11 bits per heavy atom. The number of hydrogen-bond acceptors (Lipinski definition) is 4. The van der Waals surface area contributed by atoms with E-state index in [4.69, 9.17) is 4.74 Å². The molecular formula is C14H16FN3O. The van der Waals surface area contributed by atoms with E-state index in [1.807, 2.05) is 6.92 Å². The molecule has 1 heterocycles. The average molecular weight is 261 g/mol. The first kappa shape index (κ1) is 13.3. The smallest absolute Gasteiger partial charge is 0.144 e. The summed E-state index contributed by atoms with van der Waals surface area (Å²) in [5.41, 5.74) is 1.29. The lowest BCUT2D eigenvalue weighted by Crippen LogP contribution is -2.03. The quantitative estimate of drug-likeness (QED) is 0.899. The summed E-state index contributed by atoms with van der Waals surface area (Å²) in [6, 6.07) is 4.66. The Bertz CT molecular complexity index is 543. The minimum Gasteiger partial charge on any atom is -0.487 e. The van der Waals surface area contributed by atoms with Gasteiger partial charge in [-0.05, 0) is 37.6 Å². The number of aryl methyl sites for hydroxylation is 1. The van der Waals surface area contributed by atoms with Crippen molar-refractivity contribution in [1.82, 2.24) is 9.97 Å². The molecule has 4 nitrogen and oxygen atoms in total. The lowest BCUT2D eigenvalue weighted by Gasteiger charge is -2.07. The molecular weight excluding hydrogens is 245 g/mol. The summed E-state index contributed by atoms with van der Waals surface area (Å²) in [5.74, 6) is 1.13. The van der Waals surface area contributed by atoms with E-state index in [0.717, 1.165) is 18.1 Å². The van der Waals surface area contributed by atoms with Crippen LogP contribution < -0.4 is 10.1 Å². The Hall–Kier alpha value is -2.17. The van der Waals surface area contributed by atoms with Crippen LogP contribution in [0.15, 0.2) is 30.6 Å². The monoisotopic (exact) mass is 261 g/mol. The van der Waals surface area contributed by atoms with Gasteiger partial charge in [0.25, 0.3) is 0 Å². The fourth-order valence-electron chi connectivity index (χ4n) is 1.57. The van der Waals surface area contributed by atoms with Crippen molar-refractivity contribution < 1.29 is 9.13 Å². The number of anilines is 1. The van der Waals surface area contributed by atoms with Crippen molar-refractivity contribution in [1.29, 1.82) is 0 Å². The van der Waals surface area contributed by atoms with Gasteiger partial charge in [-0.3, -0.25) is 4.98 Å². The maximum Gasteiger partial charge on any atom is 0.144 e. The molecule has 19 heavy (non-hydrogen) atoms. The van der Waals surface area contributed by atoms with Crippen LogP contribution in [0.1, 0.15) is 18.2 Å². The van der Waals surface area contributed by atoms with Crippen LogP contribution in [0.5, 0.6) is 5.75 Å². The molecule has 0 fully saturated rings. The normalized spacial score (nSPS) is 10.3. The second-order valence-electron chi connectivity index (χ2n) is 4.12. The Kier molecular flexibility index (Phi) is 4.28. The number of aromatic nitrogens is 2. The number of ether oxygens (including phenoxy) is 1. The highest BCUT2D eigenvalue weighted by Gasteiger charge is 2.02. The second-order valence-corrected chi connectivity index (χ2v) is 4.12. The summed E-state index contributed by atoms with van der Waals surface area (Å²) in [5, 5.41) is 3.07. The van der Waals surface area contributed by atoms with Gasteiger partial charge in [0.05, 0.1) is 18.1 Å². The minimum absolute atomic E-state index is 0.234. The molecule has 0 radical (unpaired) electrons. The van der Waals surface area contributed by atoms with Crippen molar-refractivity contribution >= 4 is 5.82 Å². The lowest BCUT2D eigenvalue weighted by atomic mass is 10.2. The molecule has 0 saturated carbocycles. The Labute approximate surface area is 111 Å². The molecule has 5 heteroatoms. The highest BCUT2D eigenvalue weighted by Crippen LogP contribution is 2.17. The van der Waals surface area contributed by atoms with E-state index in [2.05, 4.69) is 15.3 Å². The lowest BCUT2D eigenvalue weighted by molar-refractivity contribution is 0.300.